The van der Waals surface area contributed by atoms with Crippen molar-refractivity contribution in [3.05, 3.63) is 94.4 Å². The van der Waals surface area contributed by atoms with E-state index < -0.39 is 46.9 Å². The molecule has 6 N–H and O–H groups in total. The summed E-state index contributed by atoms with van der Waals surface area (Å²) in [6.07, 6.45) is 23.9. The molecule has 0 saturated carbocycles. The van der Waals surface area contributed by atoms with E-state index >= 15 is 0 Å². The number of likely N-dealkylation sites (tertiary alicyclic amines) is 1. The van der Waals surface area contributed by atoms with Crippen LogP contribution in [0, 0.1) is 0 Å². The second kappa shape index (κ2) is 30.8. The van der Waals surface area contributed by atoms with Gasteiger partial charge >= 0.3 is 0 Å². The number of fused-ring (bicyclic) bond motifs is 2. The topological polar surface area (TPSA) is 287 Å². The van der Waals surface area contributed by atoms with Crippen LogP contribution < -0.4 is 15.5 Å². The summed E-state index contributed by atoms with van der Waals surface area (Å²) in [6.45, 7) is 10.6. The molecule has 1 unspecified atom stereocenters. The summed E-state index contributed by atoms with van der Waals surface area (Å²) < 4.78 is 107. The summed E-state index contributed by atoms with van der Waals surface area (Å²) in [5, 5.41) is 19.3. The standard InChI is InChI=1S/C58H83N5O15S5/c1-57(2)46-39-44(80-78-77-67)26-28-48(46)61(34-16-18-37-81(68,69)70)51(57)30-24-42-21-20-22-43(25-31-52-58(3,4)47-40-45(83(74,75)76)27-29-49(47)62(52)35-17-19-38-82(71,72)73)55(42)60-33-13-11-9-7-6-8-10-12-23-53(64)59-32-14-15-36-63-54(65)41-50(79-5)56(63)66/h24-31,39-40,50H,6-23,32-38,41H2,1-5H3,(H5,59,64,67,68,69,70,71,72,73,74,75,76)/p+1/b43-25+,52-31+. The van der Waals surface area contributed by atoms with Gasteiger partial charge in [-0.15, -0.1) is 4.33 Å². The molecule has 3 heterocycles. The van der Waals surface area contributed by atoms with Gasteiger partial charge in [-0.2, -0.15) is 41.6 Å². The first-order chi connectivity index (χ1) is 39.3. The molecule has 20 nitrogen and oxygen atoms in total. The number of allylic oxidation sites excluding steroid dienone is 7. The van der Waals surface area contributed by atoms with Crippen molar-refractivity contribution in [3.8, 4) is 0 Å². The van der Waals surface area contributed by atoms with Crippen LogP contribution in [0.2, 0.25) is 0 Å². The van der Waals surface area contributed by atoms with Gasteiger partial charge in [-0.1, -0.05) is 69.6 Å². The number of amides is 3. The zero-order chi connectivity index (χ0) is 60.6. The average molecular weight is 1250 g/mol. The number of benzene rings is 2. The van der Waals surface area contributed by atoms with Gasteiger partial charge in [-0.3, -0.25) is 32.9 Å². The number of nitrogens with zero attached hydrogens (tertiary/aromatic N) is 3. The fourth-order valence-electron chi connectivity index (χ4n) is 11.5. The Morgan fingerprint density at radius 3 is 2.06 bits per heavy atom. The Bertz CT molecular complexity index is 3150. The lowest BCUT2D eigenvalue weighted by Crippen LogP contribution is -2.32. The van der Waals surface area contributed by atoms with Crippen molar-refractivity contribution in [2.24, 2.45) is 0 Å². The summed E-state index contributed by atoms with van der Waals surface area (Å²) in [5.41, 5.74) is 6.96. The van der Waals surface area contributed by atoms with E-state index in [1.54, 1.807) is 6.07 Å². The predicted octanol–water partition coefficient (Wildman–Crippen LogP) is 10.2. The van der Waals surface area contributed by atoms with Gasteiger partial charge in [0, 0.05) is 90.5 Å². The number of imide groups is 1. The van der Waals surface area contributed by atoms with Gasteiger partial charge in [-0.05, 0) is 137 Å². The van der Waals surface area contributed by atoms with Crippen LogP contribution in [0.1, 0.15) is 161 Å². The van der Waals surface area contributed by atoms with E-state index in [0.29, 0.717) is 75.3 Å². The van der Waals surface area contributed by atoms with Gasteiger partial charge in [0.15, 0.2) is 5.71 Å². The summed E-state index contributed by atoms with van der Waals surface area (Å²) >= 11 is 2.26. The molecule has 1 atom stereocenters. The minimum absolute atomic E-state index is 0.0175. The van der Waals surface area contributed by atoms with E-state index in [4.69, 9.17) is 9.59 Å². The molecule has 0 radical (unpaired) electrons. The van der Waals surface area contributed by atoms with Crippen molar-refractivity contribution >= 4 is 89.0 Å². The van der Waals surface area contributed by atoms with Crippen molar-refractivity contribution < 1.29 is 72.5 Å². The monoisotopic (exact) mass is 1250 g/mol. The van der Waals surface area contributed by atoms with E-state index in [2.05, 4.69) is 52.3 Å². The number of unbranched alkanes of at least 4 members (excludes halogenated alkanes) is 10. The van der Waals surface area contributed by atoms with Crippen molar-refractivity contribution in [3.63, 3.8) is 0 Å². The maximum Gasteiger partial charge on any atom is 0.294 e. The van der Waals surface area contributed by atoms with Gasteiger partial charge in [0.25, 0.3) is 30.4 Å². The van der Waals surface area contributed by atoms with Gasteiger partial charge in [-0.25, -0.2) is 5.26 Å². The Hall–Kier alpha value is -4.41. The van der Waals surface area contributed by atoms with E-state index in [9.17, 15) is 53.3 Å². The lowest BCUT2D eigenvalue weighted by Gasteiger charge is -2.28. The second-order valence-electron chi connectivity index (χ2n) is 22.7. The smallest absolute Gasteiger partial charge is 0.294 e. The van der Waals surface area contributed by atoms with Gasteiger partial charge < -0.3 is 15.5 Å². The highest BCUT2D eigenvalue weighted by atomic mass is 32.2. The highest BCUT2D eigenvalue weighted by molar-refractivity contribution is 8.00. The van der Waals surface area contributed by atoms with Crippen molar-refractivity contribution in [2.75, 3.05) is 55.4 Å². The first-order valence-corrected chi connectivity index (χ1v) is 35.4. The number of anilines is 1. The SMILES string of the molecule is CSC1CC(=O)N(CCCCNC(=O)CCCCCCCCCCNC2=C(/C=C/C3=[N+](CCCCS(=O)(=O)O)c4ccc(SOOO)cc4C3(C)C)CCC/C2=C\C=C2\N(CCCCS(=O)(=O)O)c3ccc(S(=O)(=O)O)cc3C2(C)C)C1=O. The third-order valence-corrected chi connectivity index (χ3v) is 19.9. The minimum Gasteiger partial charge on any atom is -0.385 e. The van der Waals surface area contributed by atoms with Crippen molar-refractivity contribution in [2.45, 2.75) is 176 Å². The lowest BCUT2D eigenvalue weighted by atomic mass is 9.81. The molecule has 2 aromatic carbocycles. The summed E-state index contributed by atoms with van der Waals surface area (Å²) in [7, 11) is -12.9. The summed E-state index contributed by atoms with van der Waals surface area (Å²) in [6, 6.07) is 10.3. The summed E-state index contributed by atoms with van der Waals surface area (Å²) in [5.74, 6) is -0.972. The zero-order valence-corrected chi connectivity index (χ0v) is 52.5. The number of carbonyl (C=O) groups is 3. The Kier molecular flexibility index (Phi) is 25.1. The summed E-state index contributed by atoms with van der Waals surface area (Å²) in [4.78, 5) is 40.8. The molecule has 83 heavy (non-hydrogen) atoms. The largest absolute Gasteiger partial charge is 0.385 e. The van der Waals surface area contributed by atoms with E-state index in [1.807, 2.05) is 49.3 Å². The first-order valence-electron chi connectivity index (χ1n) is 28.7. The highest BCUT2D eigenvalue weighted by Gasteiger charge is 2.45. The first kappa shape index (κ1) is 67.7. The van der Waals surface area contributed by atoms with Crippen LogP contribution in [0.5, 0.6) is 0 Å². The van der Waals surface area contributed by atoms with Crippen LogP contribution >= 0.6 is 23.8 Å². The number of thioether (sulfide) groups is 1. The molecule has 1 saturated heterocycles. The molecule has 1 aliphatic carbocycles. The third kappa shape index (κ3) is 19.3. The number of rotatable bonds is 35. The lowest BCUT2D eigenvalue weighted by molar-refractivity contribution is -0.438. The molecular weight excluding hydrogens is 1170 g/mol. The number of carbonyl (C=O) groups excluding carboxylic acids is 3. The molecule has 460 valence electrons. The van der Waals surface area contributed by atoms with Crippen LogP contribution in [0.4, 0.5) is 11.4 Å². The van der Waals surface area contributed by atoms with E-state index in [0.717, 1.165) is 128 Å². The Morgan fingerprint density at radius 1 is 0.747 bits per heavy atom. The fraction of sp³-hybridized carbons (Fsp3) is 0.586. The van der Waals surface area contributed by atoms with Crippen LogP contribution in [-0.4, -0.2) is 133 Å². The molecule has 0 aromatic heterocycles. The molecule has 4 aliphatic rings. The molecule has 3 amide bonds. The van der Waals surface area contributed by atoms with Crippen LogP contribution in [0.3, 0.4) is 0 Å². The van der Waals surface area contributed by atoms with Gasteiger partial charge in [0.05, 0.1) is 39.1 Å². The zero-order valence-electron chi connectivity index (χ0n) is 48.4. The highest BCUT2D eigenvalue weighted by Crippen LogP contribution is 2.49. The Labute approximate surface area is 499 Å². The van der Waals surface area contributed by atoms with Crippen LogP contribution in [0.15, 0.2) is 93.0 Å². The normalized spacial score (nSPS) is 19.1. The van der Waals surface area contributed by atoms with E-state index in [-0.39, 0.29) is 52.9 Å². The van der Waals surface area contributed by atoms with Crippen molar-refractivity contribution in [1.29, 1.82) is 0 Å². The van der Waals surface area contributed by atoms with Crippen LogP contribution in [0.25, 0.3) is 0 Å². The van der Waals surface area contributed by atoms with Gasteiger partial charge in [0.2, 0.25) is 23.4 Å². The third-order valence-electron chi connectivity index (χ3n) is 15.9. The predicted molar refractivity (Wildman–Crippen MR) is 324 cm³/mol. The molecular formula is C58H84N5O15S5+. The Morgan fingerprint density at radius 2 is 1.40 bits per heavy atom. The molecule has 25 heteroatoms. The fourth-order valence-corrected chi connectivity index (χ4v) is 14.2. The van der Waals surface area contributed by atoms with Gasteiger partial charge in [0.1, 0.15) is 6.54 Å². The molecule has 6 rings (SSSR count). The van der Waals surface area contributed by atoms with Crippen LogP contribution in [-0.2, 0) is 64.9 Å². The molecule has 1 fully saturated rings. The number of hydrogen-bond donors (Lipinski definition) is 6. The molecule has 0 spiro atoms. The quantitative estimate of drug-likeness (QED) is 0.00711. The Balaban J connectivity index is 1.17. The molecule has 0 bridgehead atoms. The van der Waals surface area contributed by atoms with Crippen molar-refractivity contribution in [1.82, 2.24) is 15.5 Å². The minimum atomic E-state index is -4.52. The second-order valence-corrected chi connectivity index (χ2v) is 29.1. The number of hydrogen-bond acceptors (Lipinski definition) is 16. The molecule has 2 aromatic rings. The average Bonchev–Trinajstić information content (AvgIpc) is 1.97. The number of nitrogens with one attached hydrogen (secondary N) is 2. The molecule has 3 aliphatic heterocycles. The maximum absolute atomic E-state index is 12.5. The maximum atomic E-state index is 12.5. The van der Waals surface area contributed by atoms with E-state index in [1.165, 1.54) is 28.8 Å².